The number of hydrogen-bond acceptors (Lipinski definition) is 4. The van der Waals surface area contributed by atoms with Gasteiger partial charge in [-0.1, -0.05) is 12.1 Å². The molecule has 2 aromatic rings. The van der Waals surface area contributed by atoms with Gasteiger partial charge in [-0.25, -0.2) is 0 Å². The standard InChI is InChI=1S/C22H29N3O3/c1-15(2)28-19-11-7-9-17(13-19)23-14-20(26)24-18-10-6-8-16(12-18)21(27)25-22(3,4)5/h6-13,15,23H,14H2,1-5H3,(H,24,26)(H,25,27). The van der Waals surface area contributed by atoms with E-state index in [1.807, 2.05) is 58.9 Å². The van der Waals surface area contributed by atoms with Gasteiger partial charge in [0.05, 0.1) is 12.6 Å². The minimum absolute atomic E-state index is 0.0845. The molecule has 3 N–H and O–H groups in total. The molecule has 0 unspecified atom stereocenters. The number of hydrogen-bond donors (Lipinski definition) is 3. The molecule has 2 amide bonds. The van der Waals surface area contributed by atoms with Crippen LogP contribution < -0.4 is 20.7 Å². The van der Waals surface area contributed by atoms with Crippen LogP contribution in [0.5, 0.6) is 5.75 Å². The van der Waals surface area contributed by atoms with Crippen molar-refractivity contribution in [1.29, 1.82) is 0 Å². The molecular formula is C22H29N3O3. The van der Waals surface area contributed by atoms with Gasteiger partial charge in [0, 0.05) is 28.5 Å². The van der Waals surface area contributed by atoms with E-state index in [0.29, 0.717) is 11.3 Å². The predicted molar refractivity (Wildman–Crippen MR) is 113 cm³/mol. The molecule has 0 aliphatic rings. The van der Waals surface area contributed by atoms with Crippen molar-refractivity contribution < 1.29 is 14.3 Å². The number of carbonyl (C=O) groups excluding carboxylic acids is 2. The van der Waals surface area contributed by atoms with Crippen molar-refractivity contribution in [2.24, 2.45) is 0 Å². The van der Waals surface area contributed by atoms with E-state index in [-0.39, 0.29) is 30.0 Å². The summed E-state index contributed by atoms with van der Waals surface area (Å²) < 4.78 is 5.65. The van der Waals surface area contributed by atoms with Crippen molar-refractivity contribution in [1.82, 2.24) is 5.32 Å². The Balaban J connectivity index is 1.93. The molecule has 0 aromatic heterocycles. The van der Waals surface area contributed by atoms with E-state index >= 15 is 0 Å². The van der Waals surface area contributed by atoms with Crippen LogP contribution in [0.2, 0.25) is 0 Å². The maximum atomic E-state index is 12.3. The maximum Gasteiger partial charge on any atom is 0.251 e. The first kappa shape index (κ1) is 21.3. The Morgan fingerprint density at radius 1 is 1.00 bits per heavy atom. The smallest absolute Gasteiger partial charge is 0.251 e. The molecule has 6 nitrogen and oxygen atoms in total. The van der Waals surface area contributed by atoms with Crippen LogP contribution in [0.25, 0.3) is 0 Å². The van der Waals surface area contributed by atoms with Crippen molar-refractivity contribution in [3.63, 3.8) is 0 Å². The molecule has 28 heavy (non-hydrogen) atoms. The fourth-order valence-corrected chi connectivity index (χ4v) is 2.49. The van der Waals surface area contributed by atoms with Crippen molar-refractivity contribution >= 4 is 23.2 Å². The normalized spacial score (nSPS) is 11.1. The van der Waals surface area contributed by atoms with Crippen LogP contribution in [-0.2, 0) is 4.79 Å². The number of benzene rings is 2. The molecule has 2 aromatic carbocycles. The van der Waals surface area contributed by atoms with Crippen LogP contribution in [0.4, 0.5) is 11.4 Å². The fourth-order valence-electron chi connectivity index (χ4n) is 2.49. The first-order chi connectivity index (χ1) is 13.1. The molecule has 0 aliphatic carbocycles. The molecule has 2 rings (SSSR count). The highest BCUT2D eigenvalue weighted by Gasteiger charge is 2.15. The first-order valence-electron chi connectivity index (χ1n) is 9.35. The van der Waals surface area contributed by atoms with Gasteiger partial charge in [-0.05, 0) is 65.0 Å². The van der Waals surface area contributed by atoms with Gasteiger partial charge in [0.1, 0.15) is 5.75 Å². The lowest BCUT2D eigenvalue weighted by Gasteiger charge is -2.20. The zero-order chi connectivity index (χ0) is 20.7. The van der Waals surface area contributed by atoms with Crippen LogP contribution in [0.15, 0.2) is 48.5 Å². The quantitative estimate of drug-likeness (QED) is 0.674. The third-order valence-corrected chi connectivity index (χ3v) is 3.56. The Morgan fingerprint density at radius 2 is 1.68 bits per heavy atom. The summed E-state index contributed by atoms with van der Waals surface area (Å²) in [6.07, 6.45) is 0.0845. The Bertz CT molecular complexity index is 826. The van der Waals surface area contributed by atoms with Crippen molar-refractivity contribution in [3.05, 3.63) is 54.1 Å². The lowest BCUT2D eigenvalue weighted by molar-refractivity contribution is -0.114. The van der Waals surface area contributed by atoms with E-state index in [1.54, 1.807) is 24.3 Å². The van der Waals surface area contributed by atoms with Gasteiger partial charge in [0.15, 0.2) is 0 Å². The Kier molecular flexibility index (Phi) is 7.04. The summed E-state index contributed by atoms with van der Waals surface area (Å²) in [5.74, 6) is 0.366. The average molecular weight is 383 g/mol. The summed E-state index contributed by atoms with van der Waals surface area (Å²) in [5, 5.41) is 8.79. The Morgan fingerprint density at radius 3 is 2.36 bits per heavy atom. The lowest BCUT2D eigenvalue weighted by Crippen LogP contribution is -2.40. The average Bonchev–Trinajstić information content (AvgIpc) is 2.58. The van der Waals surface area contributed by atoms with E-state index in [4.69, 9.17) is 4.74 Å². The topological polar surface area (TPSA) is 79.5 Å². The molecule has 0 radical (unpaired) electrons. The summed E-state index contributed by atoms with van der Waals surface area (Å²) in [6, 6.07) is 14.3. The Labute approximate surface area is 166 Å². The number of amides is 2. The monoisotopic (exact) mass is 383 g/mol. The van der Waals surface area contributed by atoms with Gasteiger partial charge in [-0.2, -0.15) is 0 Å². The maximum absolute atomic E-state index is 12.3. The highest BCUT2D eigenvalue weighted by molar-refractivity contribution is 5.98. The van der Waals surface area contributed by atoms with Gasteiger partial charge >= 0.3 is 0 Å². The molecule has 0 bridgehead atoms. The molecule has 0 saturated carbocycles. The minimum Gasteiger partial charge on any atom is -0.491 e. The highest BCUT2D eigenvalue weighted by Crippen LogP contribution is 2.18. The molecule has 0 fully saturated rings. The van der Waals surface area contributed by atoms with E-state index in [1.165, 1.54) is 0 Å². The second kappa shape index (κ2) is 9.26. The first-order valence-corrected chi connectivity index (χ1v) is 9.35. The van der Waals surface area contributed by atoms with Gasteiger partial charge in [0.25, 0.3) is 5.91 Å². The zero-order valence-electron chi connectivity index (χ0n) is 17.1. The second-order valence-electron chi connectivity index (χ2n) is 7.88. The predicted octanol–water partition coefficient (Wildman–Crippen LogP) is 4.05. The van der Waals surface area contributed by atoms with Gasteiger partial charge < -0.3 is 20.7 Å². The van der Waals surface area contributed by atoms with Crippen molar-refractivity contribution in [2.75, 3.05) is 17.2 Å². The number of rotatable bonds is 7. The third kappa shape index (κ3) is 7.31. The molecule has 0 aliphatic heterocycles. The van der Waals surface area contributed by atoms with Crippen LogP contribution in [0.3, 0.4) is 0 Å². The van der Waals surface area contributed by atoms with E-state index < -0.39 is 0 Å². The summed E-state index contributed by atoms with van der Waals surface area (Å²) in [6.45, 7) is 9.78. The number of nitrogens with one attached hydrogen (secondary N) is 3. The zero-order valence-corrected chi connectivity index (χ0v) is 17.1. The third-order valence-electron chi connectivity index (χ3n) is 3.56. The lowest BCUT2D eigenvalue weighted by atomic mass is 10.1. The molecule has 0 heterocycles. The van der Waals surface area contributed by atoms with Crippen LogP contribution in [-0.4, -0.2) is 30.0 Å². The molecule has 6 heteroatoms. The Hall–Kier alpha value is -3.02. The largest absolute Gasteiger partial charge is 0.491 e. The van der Waals surface area contributed by atoms with Crippen LogP contribution in [0.1, 0.15) is 45.0 Å². The molecule has 0 saturated heterocycles. The van der Waals surface area contributed by atoms with Gasteiger partial charge in [-0.3, -0.25) is 9.59 Å². The number of carbonyl (C=O) groups is 2. The van der Waals surface area contributed by atoms with Crippen LogP contribution >= 0.6 is 0 Å². The SMILES string of the molecule is CC(C)Oc1cccc(NCC(=O)Nc2cccc(C(=O)NC(C)(C)C)c2)c1. The molecule has 0 atom stereocenters. The molecule has 150 valence electrons. The van der Waals surface area contributed by atoms with Crippen LogP contribution in [0, 0.1) is 0 Å². The molecule has 0 spiro atoms. The van der Waals surface area contributed by atoms with E-state index in [2.05, 4.69) is 16.0 Å². The number of anilines is 2. The van der Waals surface area contributed by atoms with Crippen molar-refractivity contribution in [3.8, 4) is 5.75 Å². The minimum atomic E-state index is -0.325. The van der Waals surface area contributed by atoms with Gasteiger partial charge in [0.2, 0.25) is 5.91 Å². The van der Waals surface area contributed by atoms with E-state index in [0.717, 1.165) is 11.4 Å². The fraction of sp³-hybridized carbons (Fsp3) is 0.364. The van der Waals surface area contributed by atoms with Gasteiger partial charge in [-0.15, -0.1) is 0 Å². The summed E-state index contributed by atoms with van der Waals surface area (Å²) in [5.41, 5.74) is 1.55. The summed E-state index contributed by atoms with van der Waals surface area (Å²) in [4.78, 5) is 24.5. The summed E-state index contributed by atoms with van der Waals surface area (Å²) in [7, 11) is 0. The second-order valence-corrected chi connectivity index (χ2v) is 7.88. The highest BCUT2D eigenvalue weighted by atomic mass is 16.5. The van der Waals surface area contributed by atoms with Crippen molar-refractivity contribution in [2.45, 2.75) is 46.3 Å². The van der Waals surface area contributed by atoms with E-state index in [9.17, 15) is 9.59 Å². The summed E-state index contributed by atoms with van der Waals surface area (Å²) >= 11 is 0. The number of ether oxygens (including phenoxy) is 1. The molecular weight excluding hydrogens is 354 g/mol.